The molecule has 1 fully saturated rings. The van der Waals surface area contributed by atoms with Crippen LogP contribution in [-0.2, 0) is 0 Å². The van der Waals surface area contributed by atoms with E-state index in [1.165, 1.54) is 19.3 Å². The van der Waals surface area contributed by atoms with Gasteiger partial charge in [-0.3, -0.25) is 0 Å². The first kappa shape index (κ1) is 12.4. The number of nitrogens with zero attached hydrogens (tertiary/aromatic N) is 2. The smallest absolute Gasteiger partial charge is 0.128 e. The molecule has 0 saturated carbocycles. The Hall–Kier alpha value is -1.09. The van der Waals surface area contributed by atoms with E-state index >= 15 is 0 Å². The summed E-state index contributed by atoms with van der Waals surface area (Å²) in [5.41, 5.74) is 0.887. The Balaban J connectivity index is 1.99. The summed E-state index contributed by atoms with van der Waals surface area (Å²) in [6, 6.07) is 4.00. The fraction of sp³-hybridized carbons (Fsp3) is 0.643. The molecule has 1 N–H and O–H groups in total. The van der Waals surface area contributed by atoms with Crippen molar-refractivity contribution in [1.29, 1.82) is 0 Å². The molecule has 2 heterocycles. The van der Waals surface area contributed by atoms with E-state index < -0.39 is 6.10 Å². The fourth-order valence-electron chi connectivity index (χ4n) is 2.52. The highest BCUT2D eigenvalue weighted by Crippen LogP contribution is 2.25. The minimum atomic E-state index is -0.428. The molecule has 1 aromatic rings. The second-order valence-electron chi connectivity index (χ2n) is 5.02. The van der Waals surface area contributed by atoms with E-state index in [0.717, 1.165) is 30.4 Å². The van der Waals surface area contributed by atoms with Crippen molar-refractivity contribution in [2.24, 2.45) is 5.92 Å². The van der Waals surface area contributed by atoms with Gasteiger partial charge in [0, 0.05) is 19.3 Å². The summed E-state index contributed by atoms with van der Waals surface area (Å²) in [6.45, 7) is 6.27. The molecule has 1 aliphatic heterocycles. The summed E-state index contributed by atoms with van der Waals surface area (Å²) in [6.07, 6.45) is 5.23. The van der Waals surface area contributed by atoms with Gasteiger partial charge in [0.2, 0.25) is 0 Å². The molecule has 0 bridgehead atoms. The molecule has 2 rings (SSSR count). The normalized spacial score (nSPS) is 21.8. The zero-order valence-electron chi connectivity index (χ0n) is 10.8. The van der Waals surface area contributed by atoms with Crippen LogP contribution in [-0.4, -0.2) is 23.2 Å². The zero-order chi connectivity index (χ0) is 12.3. The van der Waals surface area contributed by atoms with Gasteiger partial charge in [0.15, 0.2) is 0 Å². The lowest BCUT2D eigenvalue weighted by atomic mass is 10.0. The van der Waals surface area contributed by atoms with Crippen LogP contribution in [0, 0.1) is 5.92 Å². The zero-order valence-corrected chi connectivity index (χ0v) is 10.8. The van der Waals surface area contributed by atoms with Gasteiger partial charge < -0.3 is 10.0 Å². The molecular formula is C14H22N2O. The minimum absolute atomic E-state index is 0.428. The van der Waals surface area contributed by atoms with E-state index in [2.05, 4.69) is 16.8 Å². The number of anilines is 1. The van der Waals surface area contributed by atoms with Crippen molar-refractivity contribution in [2.45, 2.75) is 39.2 Å². The van der Waals surface area contributed by atoms with E-state index in [1.54, 1.807) is 13.1 Å². The summed E-state index contributed by atoms with van der Waals surface area (Å²) in [5.74, 6) is 1.88. The maximum atomic E-state index is 9.44. The quantitative estimate of drug-likeness (QED) is 0.870. The van der Waals surface area contributed by atoms with Gasteiger partial charge in [0.25, 0.3) is 0 Å². The van der Waals surface area contributed by atoms with Crippen LogP contribution < -0.4 is 4.90 Å². The first-order chi connectivity index (χ1) is 8.20. The van der Waals surface area contributed by atoms with Crippen molar-refractivity contribution in [3.63, 3.8) is 0 Å². The first-order valence-corrected chi connectivity index (χ1v) is 6.59. The van der Waals surface area contributed by atoms with Crippen molar-refractivity contribution in [2.75, 3.05) is 18.0 Å². The molecular weight excluding hydrogens is 212 g/mol. The molecule has 0 radical (unpaired) electrons. The number of pyridine rings is 1. The molecule has 94 valence electrons. The molecule has 1 unspecified atom stereocenters. The molecule has 3 nitrogen and oxygen atoms in total. The van der Waals surface area contributed by atoms with Gasteiger partial charge in [0.1, 0.15) is 5.82 Å². The van der Waals surface area contributed by atoms with Gasteiger partial charge in [-0.15, -0.1) is 0 Å². The lowest BCUT2D eigenvalue weighted by Gasteiger charge is -2.18. The molecule has 0 aliphatic carbocycles. The molecule has 1 saturated heterocycles. The van der Waals surface area contributed by atoms with Crippen LogP contribution in [0.5, 0.6) is 0 Å². The molecule has 0 spiro atoms. The predicted molar refractivity (Wildman–Crippen MR) is 70.1 cm³/mol. The molecule has 0 amide bonds. The highest BCUT2D eigenvalue weighted by atomic mass is 16.3. The summed E-state index contributed by atoms with van der Waals surface area (Å²) in [4.78, 5) is 6.80. The second kappa shape index (κ2) is 5.50. The van der Waals surface area contributed by atoms with Crippen LogP contribution in [0.15, 0.2) is 18.3 Å². The number of hydrogen-bond acceptors (Lipinski definition) is 3. The molecule has 1 aliphatic rings. The Kier molecular flexibility index (Phi) is 4.00. The number of aliphatic hydroxyl groups excluding tert-OH is 1. The van der Waals surface area contributed by atoms with Crippen LogP contribution in [0.2, 0.25) is 0 Å². The first-order valence-electron chi connectivity index (χ1n) is 6.59. The van der Waals surface area contributed by atoms with Crippen molar-refractivity contribution >= 4 is 5.82 Å². The SMILES string of the molecule is CCCC1CCN(c2ccc([C@@H](C)O)cn2)C1. The number of aliphatic hydroxyl groups is 1. The summed E-state index contributed by atoms with van der Waals surface area (Å²) in [7, 11) is 0. The Morgan fingerprint density at radius 3 is 2.94 bits per heavy atom. The Labute approximate surface area is 103 Å². The largest absolute Gasteiger partial charge is 0.389 e. The van der Waals surface area contributed by atoms with Gasteiger partial charge in [-0.1, -0.05) is 19.4 Å². The Morgan fingerprint density at radius 1 is 1.53 bits per heavy atom. The van der Waals surface area contributed by atoms with Gasteiger partial charge >= 0.3 is 0 Å². The maximum absolute atomic E-state index is 9.44. The van der Waals surface area contributed by atoms with Crippen molar-refractivity contribution in [1.82, 2.24) is 4.98 Å². The van der Waals surface area contributed by atoms with E-state index in [9.17, 15) is 5.11 Å². The second-order valence-corrected chi connectivity index (χ2v) is 5.02. The molecule has 2 atom stereocenters. The number of rotatable bonds is 4. The summed E-state index contributed by atoms with van der Waals surface area (Å²) < 4.78 is 0. The van der Waals surface area contributed by atoms with Crippen molar-refractivity contribution in [3.8, 4) is 0 Å². The Morgan fingerprint density at radius 2 is 2.35 bits per heavy atom. The van der Waals surface area contributed by atoms with E-state index in [0.29, 0.717) is 0 Å². The highest BCUT2D eigenvalue weighted by molar-refractivity contribution is 5.40. The average molecular weight is 234 g/mol. The molecule has 1 aromatic heterocycles. The lowest BCUT2D eigenvalue weighted by molar-refractivity contribution is 0.199. The van der Waals surface area contributed by atoms with Crippen LogP contribution in [0.1, 0.15) is 44.8 Å². The minimum Gasteiger partial charge on any atom is -0.389 e. The van der Waals surface area contributed by atoms with Crippen LogP contribution in [0.3, 0.4) is 0 Å². The van der Waals surface area contributed by atoms with Gasteiger partial charge in [-0.2, -0.15) is 0 Å². The number of hydrogen-bond donors (Lipinski definition) is 1. The summed E-state index contributed by atoms with van der Waals surface area (Å²) in [5, 5.41) is 9.44. The van der Waals surface area contributed by atoms with Gasteiger partial charge in [-0.25, -0.2) is 4.98 Å². The highest BCUT2D eigenvalue weighted by Gasteiger charge is 2.22. The monoisotopic (exact) mass is 234 g/mol. The third-order valence-electron chi connectivity index (χ3n) is 3.56. The standard InChI is InChI=1S/C14H22N2O/c1-3-4-12-7-8-16(10-12)14-6-5-13(9-15-14)11(2)17/h5-6,9,11-12,17H,3-4,7-8,10H2,1-2H3/t11-,12?/m1/s1. The summed E-state index contributed by atoms with van der Waals surface area (Å²) >= 11 is 0. The van der Waals surface area contributed by atoms with Gasteiger partial charge in [0.05, 0.1) is 6.10 Å². The van der Waals surface area contributed by atoms with E-state index in [4.69, 9.17) is 0 Å². The molecule has 3 heteroatoms. The van der Waals surface area contributed by atoms with Gasteiger partial charge in [-0.05, 0) is 37.3 Å². The fourth-order valence-corrected chi connectivity index (χ4v) is 2.52. The molecule has 0 aromatic carbocycles. The Bertz CT molecular complexity index is 348. The lowest BCUT2D eigenvalue weighted by Crippen LogP contribution is -2.20. The van der Waals surface area contributed by atoms with Crippen LogP contribution >= 0.6 is 0 Å². The van der Waals surface area contributed by atoms with Crippen molar-refractivity contribution < 1.29 is 5.11 Å². The average Bonchev–Trinajstić information content (AvgIpc) is 2.78. The number of aromatic nitrogens is 1. The van der Waals surface area contributed by atoms with Crippen LogP contribution in [0.25, 0.3) is 0 Å². The van der Waals surface area contributed by atoms with Crippen molar-refractivity contribution in [3.05, 3.63) is 23.9 Å². The third kappa shape index (κ3) is 2.97. The van der Waals surface area contributed by atoms with Crippen LogP contribution in [0.4, 0.5) is 5.82 Å². The topological polar surface area (TPSA) is 36.4 Å². The predicted octanol–water partition coefficient (Wildman–Crippen LogP) is 2.76. The van der Waals surface area contributed by atoms with E-state index in [-0.39, 0.29) is 0 Å². The third-order valence-corrected chi connectivity index (χ3v) is 3.56. The maximum Gasteiger partial charge on any atom is 0.128 e. The van der Waals surface area contributed by atoms with E-state index in [1.807, 2.05) is 12.1 Å². The molecule has 17 heavy (non-hydrogen) atoms.